The number of rotatable bonds is 2. The van der Waals surface area contributed by atoms with Gasteiger partial charge < -0.3 is 5.32 Å². The number of hydrogen-bond donors (Lipinski definition) is 2. The summed E-state index contributed by atoms with van der Waals surface area (Å²) in [6, 6.07) is 8.85. The molecule has 0 saturated carbocycles. The predicted molar refractivity (Wildman–Crippen MR) is 96.2 cm³/mol. The number of nitrogens with zero attached hydrogens (tertiary/aromatic N) is 1. The van der Waals surface area contributed by atoms with Gasteiger partial charge in [0.25, 0.3) is 5.91 Å². The van der Waals surface area contributed by atoms with Gasteiger partial charge in [0, 0.05) is 15.5 Å². The summed E-state index contributed by atoms with van der Waals surface area (Å²) in [5, 5.41) is 16.3. The van der Waals surface area contributed by atoms with Crippen LogP contribution in [0.25, 0.3) is 0 Å². The molecule has 4 nitrogen and oxygen atoms in total. The third-order valence-corrected chi connectivity index (χ3v) is 5.22. The van der Waals surface area contributed by atoms with E-state index < -0.39 is 0 Å². The fourth-order valence-electron chi connectivity index (χ4n) is 2.55. The van der Waals surface area contributed by atoms with E-state index in [4.69, 9.17) is 23.8 Å². The van der Waals surface area contributed by atoms with Gasteiger partial charge in [-0.25, -0.2) is 0 Å². The minimum atomic E-state index is -0.340. The fourth-order valence-corrected chi connectivity index (χ4v) is 4.24. The number of amides is 1. The van der Waals surface area contributed by atoms with Crippen molar-refractivity contribution in [3.63, 3.8) is 0 Å². The predicted octanol–water partition coefficient (Wildman–Crippen LogP) is 3.89. The molecule has 0 unspecified atom stereocenters. The Balaban J connectivity index is 1.71. The van der Waals surface area contributed by atoms with E-state index in [9.17, 15) is 10.1 Å². The molecular formula is C16H12ClN3OS2. The molecule has 1 aromatic heterocycles. The smallest absolute Gasteiger partial charge is 0.257 e. The van der Waals surface area contributed by atoms with Crippen LogP contribution < -0.4 is 10.6 Å². The van der Waals surface area contributed by atoms with Crippen LogP contribution in [0, 0.1) is 11.3 Å². The van der Waals surface area contributed by atoms with Crippen molar-refractivity contribution in [1.29, 1.82) is 5.26 Å². The molecule has 7 heteroatoms. The van der Waals surface area contributed by atoms with Gasteiger partial charge in [-0.05, 0) is 55.2 Å². The highest BCUT2D eigenvalue weighted by molar-refractivity contribution is 7.80. The summed E-state index contributed by atoms with van der Waals surface area (Å²) in [5.74, 6) is -0.340. The number of nitrogens with one attached hydrogen (secondary N) is 2. The number of aryl methyl sites for hydroxylation is 1. The number of benzene rings is 1. The summed E-state index contributed by atoms with van der Waals surface area (Å²) in [7, 11) is 0. The molecule has 2 aromatic rings. The zero-order chi connectivity index (χ0) is 16.4. The quantitative estimate of drug-likeness (QED) is 0.796. The molecule has 0 fully saturated rings. The van der Waals surface area contributed by atoms with E-state index in [1.807, 2.05) is 0 Å². The molecule has 2 N–H and O–H groups in total. The zero-order valence-electron chi connectivity index (χ0n) is 12.0. The van der Waals surface area contributed by atoms with Crippen molar-refractivity contribution in [2.45, 2.75) is 19.3 Å². The van der Waals surface area contributed by atoms with E-state index in [0.717, 1.165) is 24.8 Å². The molecule has 1 amide bonds. The number of carbonyl (C=O) groups excluding carboxylic acids is 1. The zero-order valence-corrected chi connectivity index (χ0v) is 14.4. The Hall–Kier alpha value is -1.94. The Kier molecular flexibility index (Phi) is 4.62. The van der Waals surface area contributed by atoms with E-state index in [1.54, 1.807) is 24.3 Å². The van der Waals surface area contributed by atoms with Crippen molar-refractivity contribution in [3.8, 4) is 6.07 Å². The van der Waals surface area contributed by atoms with Crippen LogP contribution in [0.15, 0.2) is 24.3 Å². The van der Waals surface area contributed by atoms with Crippen molar-refractivity contribution in [3.05, 3.63) is 50.9 Å². The first-order valence-electron chi connectivity index (χ1n) is 7.01. The second-order valence-electron chi connectivity index (χ2n) is 5.09. The Morgan fingerprint density at radius 1 is 1.39 bits per heavy atom. The van der Waals surface area contributed by atoms with Crippen LogP contribution in [0.2, 0.25) is 5.02 Å². The average Bonchev–Trinajstić information content (AvgIpc) is 3.07. The second kappa shape index (κ2) is 6.67. The molecule has 3 rings (SSSR count). The topological polar surface area (TPSA) is 64.9 Å². The molecule has 0 radical (unpaired) electrons. The third kappa shape index (κ3) is 3.37. The first kappa shape index (κ1) is 15.9. The number of fused-ring (bicyclic) bond motifs is 1. The molecule has 0 atom stereocenters. The highest BCUT2D eigenvalue weighted by Crippen LogP contribution is 2.38. The molecule has 0 aliphatic heterocycles. The average molecular weight is 362 g/mol. The first-order chi connectivity index (χ1) is 11.1. The van der Waals surface area contributed by atoms with Crippen LogP contribution in [0.1, 0.15) is 32.8 Å². The van der Waals surface area contributed by atoms with Crippen molar-refractivity contribution in [1.82, 2.24) is 5.32 Å². The molecular weight excluding hydrogens is 350 g/mol. The number of hydrogen-bond acceptors (Lipinski definition) is 4. The number of thiophene rings is 1. The van der Waals surface area contributed by atoms with Crippen molar-refractivity contribution in [2.75, 3.05) is 5.32 Å². The van der Waals surface area contributed by atoms with Gasteiger partial charge in [-0.15, -0.1) is 11.3 Å². The van der Waals surface area contributed by atoms with Crippen molar-refractivity contribution in [2.24, 2.45) is 0 Å². The largest absolute Gasteiger partial charge is 0.323 e. The van der Waals surface area contributed by atoms with Crippen LogP contribution in [-0.2, 0) is 12.8 Å². The molecule has 0 spiro atoms. The Morgan fingerprint density at radius 3 is 2.96 bits per heavy atom. The minimum absolute atomic E-state index is 0.173. The highest BCUT2D eigenvalue weighted by Gasteiger charge is 2.22. The van der Waals surface area contributed by atoms with Gasteiger partial charge in [0.2, 0.25) is 0 Å². The number of nitriles is 1. The molecule has 0 bridgehead atoms. The Bertz CT molecular complexity index is 838. The van der Waals surface area contributed by atoms with E-state index in [0.29, 0.717) is 21.2 Å². The lowest BCUT2D eigenvalue weighted by atomic mass is 10.1. The standard InChI is InChI=1S/C16H12ClN3OS2/c17-10-4-1-3-9(7-10)14(21)19-16(22)20-15-12(8-18)11-5-2-6-13(11)23-15/h1,3-4,7H,2,5-6H2,(H2,19,20,21,22). The Labute approximate surface area is 148 Å². The highest BCUT2D eigenvalue weighted by atomic mass is 35.5. The normalized spacial score (nSPS) is 12.3. The maximum atomic E-state index is 12.1. The summed E-state index contributed by atoms with van der Waals surface area (Å²) >= 11 is 12.6. The molecule has 1 aromatic carbocycles. The number of carbonyl (C=O) groups is 1. The van der Waals surface area contributed by atoms with Gasteiger partial charge in [0.1, 0.15) is 11.1 Å². The summed E-state index contributed by atoms with van der Waals surface area (Å²) in [6.45, 7) is 0. The Morgan fingerprint density at radius 2 is 2.22 bits per heavy atom. The van der Waals surface area contributed by atoms with E-state index in [-0.39, 0.29) is 11.0 Å². The monoisotopic (exact) mass is 361 g/mol. The SMILES string of the molecule is N#Cc1c(NC(=S)NC(=O)c2cccc(Cl)c2)sc2c1CCC2. The number of thiocarbonyl (C=S) groups is 1. The third-order valence-electron chi connectivity index (χ3n) is 3.57. The summed E-state index contributed by atoms with van der Waals surface area (Å²) in [4.78, 5) is 13.4. The summed E-state index contributed by atoms with van der Waals surface area (Å²) in [6.07, 6.45) is 3.02. The summed E-state index contributed by atoms with van der Waals surface area (Å²) in [5.41, 5.74) is 2.18. The lowest BCUT2D eigenvalue weighted by molar-refractivity contribution is 0.0977. The number of anilines is 1. The molecule has 23 heavy (non-hydrogen) atoms. The molecule has 1 heterocycles. The van der Waals surface area contributed by atoms with Crippen LogP contribution in [-0.4, -0.2) is 11.0 Å². The van der Waals surface area contributed by atoms with Gasteiger partial charge >= 0.3 is 0 Å². The van der Waals surface area contributed by atoms with Gasteiger partial charge in [-0.2, -0.15) is 5.26 Å². The maximum Gasteiger partial charge on any atom is 0.257 e. The fraction of sp³-hybridized carbons (Fsp3) is 0.188. The molecule has 1 aliphatic rings. The maximum absolute atomic E-state index is 12.1. The van der Waals surface area contributed by atoms with Crippen LogP contribution in [0.4, 0.5) is 5.00 Å². The van der Waals surface area contributed by atoms with E-state index >= 15 is 0 Å². The van der Waals surface area contributed by atoms with Crippen molar-refractivity contribution >= 4 is 51.2 Å². The van der Waals surface area contributed by atoms with Gasteiger partial charge in [0.15, 0.2) is 5.11 Å². The van der Waals surface area contributed by atoms with E-state index in [1.165, 1.54) is 16.2 Å². The van der Waals surface area contributed by atoms with Crippen LogP contribution in [0.5, 0.6) is 0 Å². The van der Waals surface area contributed by atoms with Gasteiger partial charge in [-0.3, -0.25) is 10.1 Å². The molecule has 116 valence electrons. The molecule has 0 saturated heterocycles. The van der Waals surface area contributed by atoms with Crippen LogP contribution in [0.3, 0.4) is 0 Å². The number of halogens is 1. The lowest BCUT2D eigenvalue weighted by Crippen LogP contribution is -2.34. The summed E-state index contributed by atoms with van der Waals surface area (Å²) < 4.78 is 0. The van der Waals surface area contributed by atoms with Crippen LogP contribution >= 0.6 is 35.2 Å². The second-order valence-corrected chi connectivity index (χ2v) is 7.04. The van der Waals surface area contributed by atoms with Gasteiger partial charge in [-0.1, -0.05) is 17.7 Å². The molecule has 1 aliphatic carbocycles. The first-order valence-corrected chi connectivity index (χ1v) is 8.61. The van der Waals surface area contributed by atoms with Gasteiger partial charge in [0.05, 0.1) is 5.56 Å². The van der Waals surface area contributed by atoms with E-state index in [2.05, 4.69) is 16.7 Å². The van der Waals surface area contributed by atoms with Crippen molar-refractivity contribution < 1.29 is 4.79 Å². The minimum Gasteiger partial charge on any atom is -0.323 e. The lowest BCUT2D eigenvalue weighted by Gasteiger charge is -2.09.